The van der Waals surface area contributed by atoms with Crippen LogP contribution in [0.5, 0.6) is 0 Å². The number of allylic oxidation sites excluding steroid dienone is 9. The number of hydrogen-bond donors (Lipinski definition) is 3. The summed E-state index contributed by atoms with van der Waals surface area (Å²) in [5.41, 5.74) is 0. The van der Waals surface area contributed by atoms with E-state index < -0.39 is 28.0 Å². The summed E-state index contributed by atoms with van der Waals surface area (Å²) in [4.78, 5) is 12.4. The largest absolute Gasteiger partial charge is 0.387 e. The van der Waals surface area contributed by atoms with Crippen LogP contribution >= 0.6 is 0 Å². The first-order valence-corrected chi connectivity index (χ1v) is 16.6. The van der Waals surface area contributed by atoms with E-state index in [0.717, 1.165) is 70.6 Å². The Morgan fingerprint density at radius 2 is 1.26 bits per heavy atom. The molecule has 0 aliphatic rings. The molecule has 0 aromatic rings. The first-order valence-electron chi connectivity index (χ1n) is 15.0. The summed E-state index contributed by atoms with van der Waals surface area (Å²) in [6.45, 7) is 4.31. The summed E-state index contributed by atoms with van der Waals surface area (Å²) in [5.74, 6) is -1.04. The van der Waals surface area contributed by atoms with Crippen molar-refractivity contribution in [2.24, 2.45) is 0 Å². The maximum Gasteiger partial charge on any atom is 0.267 e. The van der Waals surface area contributed by atoms with Crippen LogP contribution in [-0.2, 0) is 14.9 Å². The molecule has 0 spiro atoms. The first-order chi connectivity index (χ1) is 18.8. The molecule has 7 heteroatoms. The van der Waals surface area contributed by atoms with Crippen LogP contribution in [0.1, 0.15) is 117 Å². The van der Waals surface area contributed by atoms with Gasteiger partial charge in [0.1, 0.15) is 0 Å². The van der Waals surface area contributed by atoms with E-state index in [1.54, 1.807) is 6.08 Å². The van der Waals surface area contributed by atoms with Crippen molar-refractivity contribution in [2.45, 2.75) is 129 Å². The topological polar surface area (TPSA) is 104 Å². The molecule has 0 bridgehead atoms. The van der Waals surface area contributed by atoms with Crippen molar-refractivity contribution in [3.63, 3.8) is 0 Å². The molecular weight excluding hydrogens is 510 g/mol. The summed E-state index contributed by atoms with van der Waals surface area (Å²) in [5, 5.41) is 13.0. The molecule has 0 aromatic heterocycles. The molecule has 0 saturated carbocycles. The Morgan fingerprint density at radius 1 is 0.718 bits per heavy atom. The van der Waals surface area contributed by atoms with Gasteiger partial charge in [0.15, 0.2) is 0 Å². The van der Waals surface area contributed by atoms with Gasteiger partial charge in [0, 0.05) is 6.42 Å². The lowest BCUT2D eigenvalue weighted by atomic mass is 10.1. The van der Waals surface area contributed by atoms with Crippen LogP contribution in [0, 0.1) is 0 Å². The van der Waals surface area contributed by atoms with Gasteiger partial charge in [-0.1, -0.05) is 107 Å². The number of aliphatic hydroxyl groups is 1. The third kappa shape index (κ3) is 27.4. The predicted molar refractivity (Wildman–Crippen MR) is 165 cm³/mol. The standard InChI is InChI=1S/C32H55NO5S/c1-3-5-7-9-11-13-15-16-17-18-20-22-24-26-28-32(35)33-30(29-39(36,37)38)31(34)27-25-23-21-19-14-12-10-8-6-4-2/h6,8-9,11,14-16,19,25,27,30-31,34H,3-5,7,10,12-13,17-18,20-24,26,28-29H2,1-2H3,(H,33,35)(H,36,37,38)/b8-6+,11-9-,16-15-,19-14+,27-25+. The maximum atomic E-state index is 12.4. The van der Waals surface area contributed by atoms with Crippen molar-refractivity contribution in [1.29, 1.82) is 0 Å². The maximum absolute atomic E-state index is 12.4. The molecule has 0 rings (SSSR count). The monoisotopic (exact) mass is 565 g/mol. The normalized spacial score (nSPS) is 14.5. The highest BCUT2D eigenvalue weighted by atomic mass is 32.2. The molecule has 2 unspecified atom stereocenters. The number of carbonyl (C=O) groups excluding carboxylic acids is 1. The zero-order valence-electron chi connectivity index (χ0n) is 24.5. The Bertz CT molecular complexity index is 843. The molecule has 0 saturated heterocycles. The van der Waals surface area contributed by atoms with E-state index in [9.17, 15) is 22.9 Å². The fourth-order valence-electron chi connectivity index (χ4n) is 3.91. The second-order valence-corrected chi connectivity index (χ2v) is 11.5. The molecule has 1 amide bonds. The van der Waals surface area contributed by atoms with E-state index in [1.165, 1.54) is 18.9 Å². The van der Waals surface area contributed by atoms with Crippen molar-refractivity contribution in [2.75, 3.05) is 5.75 Å². The van der Waals surface area contributed by atoms with Gasteiger partial charge in [-0.05, 0) is 64.2 Å². The van der Waals surface area contributed by atoms with Gasteiger partial charge < -0.3 is 10.4 Å². The molecular formula is C32H55NO5S. The molecule has 6 nitrogen and oxygen atoms in total. The second kappa shape index (κ2) is 26.3. The van der Waals surface area contributed by atoms with Gasteiger partial charge >= 0.3 is 0 Å². The smallest absolute Gasteiger partial charge is 0.267 e. The highest BCUT2D eigenvalue weighted by Crippen LogP contribution is 2.09. The summed E-state index contributed by atoms with van der Waals surface area (Å²) in [6, 6.07) is -1.09. The van der Waals surface area contributed by atoms with Crippen molar-refractivity contribution < 1.29 is 22.9 Å². The van der Waals surface area contributed by atoms with E-state index in [4.69, 9.17) is 0 Å². The molecule has 2 atom stereocenters. The van der Waals surface area contributed by atoms with E-state index in [2.05, 4.69) is 67.8 Å². The van der Waals surface area contributed by atoms with E-state index >= 15 is 0 Å². The van der Waals surface area contributed by atoms with Crippen LogP contribution in [0.4, 0.5) is 0 Å². The Morgan fingerprint density at radius 3 is 1.87 bits per heavy atom. The van der Waals surface area contributed by atoms with Crippen molar-refractivity contribution in [3.05, 3.63) is 60.8 Å². The van der Waals surface area contributed by atoms with Gasteiger partial charge in [0.05, 0.1) is 17.9 Å². The van der Waals surface area contributed by atoms with Crippen LogP contribution in [-0.4, -0.2) is 41.9 Å². The predicted octanol–water partition coefficient (Wildman–Crippen LogP) is 7.78. The SMILES string of the molecule is CC/C=C/CC/C=C/CC/C=C/C(O)C(CS(=O)(=O)O)NC(=O)CCCCCCC/C=C\C/C=C\CCCC. The minimum atomic E-state index is -4.35. The number of aliphatic hydroxyl groups excluding tert-OH is 1. The minimum Gasteiger partial charge on any atom is -0.387 e. The van der Waals surface area contributed by atoms with Crippen LogP contribution < -0.4 is 5.32 Å². The van der Waals surface area contributed by atoms with Crippen LogP contribution in [0.15, 0.2) is 60.8 Å². The van der Waals surface area contributed by atoms with Gasteiger partial charge in [-0.2, -0.15) is 8.42 Å². The summed E-state index contributed by atoms with van der Waals surface area (Å²) < 4.78 is 32.1. The Hall–Kier alpha value is -1.96. The number of carbonyl (C=O) groups is 1. The number of hydrogen-bond acceptors (Lipinski definition) is 4. The molecule has 0 aliphatic heterocycles. The Labute approximate surface area is 239 Å². The molecule has 0 fully saturated rings. The van der Waals surface area contributed by atoms with Crippen molar-refractivity contribution in [1.82, 2.24) is 5.32 Å². The van der Waals surface area contributed by atoms with E-state index in [0.29, 0.717) is 12.8 Å². The highest BCUT2D eigenvalue weighted by Gasteiger charge is 2.24. The minimum absolute atomic E-state index is 0.265. The fraction of sp³-hybridized carbons (Fsp3) is 0.656. The van der Waals surface area contributed by atoms with E-state index in [-0.39, 0.29) is 12.3 Å². The molecule has 0 radical (unpaired) electrons. The highest BCUT2D eigenvalue weighted by molar-refractivity contribution is 7.85. The lowest BCUT2D eigenvalue weighted by molar-refractivity contribution is -0.122. The lowest BCUT2D eigenvalue weighted by Crippen LogP contribution is -2.46. The molecule has 224 valence electrons. The number of nitrogens with one attached hydrogen (secondary N) is 1. The summed E-state index contributed by atoms with van der Waals surface area (Å²) in [6.07, 6.45) is 34.9. The van der Waals surface area contributed by atoms with Gasteiger partial charge in [-0.3, -0.25) is 9.35 Å². The third-order valence-electron chi connectivity index (χ3n) is 6.16. The van der Waals surface area contributed by atoms with E-state index in [1.807, 2.05) is 0 Å². The van der Waals surface area contributed by atoms with Gasteiger partial charge in [0.25, 0.3) is 10.1 Å². The second-order valence-electron chi connectivity index (χ2n) is 9.97. The van der Waals surface area contributed by atoms with Crippen LogP contribution in [0.25, 0.3) is 0 Å². The van der Waals surface area contributed by atoms with Crippen molar-refractivity contribution >= 4 is 16.0 Å². The quantitative estimate of drug-likeness (QED) is 0.0596. The average Bonchev–Trinajstić information content (AvgIpc) is 2.88. The number of unbranched alkanes of at least 4 members (excludes halogenated alkanes) is 9. The molecule has 39 heavy (non-hydrogen) atoms. The first kappa shape index (κ1) is 37.0. The number of rotatable bonds is 25. The zero-order valence-corrected chi connectivity index (χ0v) is 25.3. The molecule has 0 aliphatic carbocycles. The third-order valence-corrected chi connectivity index (χ3v) is 6.94. The fourth-order valence-corrected chi connectivity index (χ4v) is 4.65. The summed E-state index contributed by atoms with van der Waals surface area (Å²) in [7, 11) is -4.35. The van der Waals surface area contributed by atoms with Gasteiger partial charge in [-0.15, -0.1) is 0 Å². The van der Waals surface area contributed by atoms with Crippen molar-refractivity contribution in [3.8, 4) is 0 Å². The summed E-state index contributed by atoms with van der Waals surface area (Å²) >= 11 is 0. The molecule has 3 N–H and O–H groups in total. The Balaban J connectivity index is 4.19. The molecule has 0 aromatic carbocycles. The average molecular weight is 566 g/mol. The number of amides is 1. The van der Waals surface area contributed by atoms with Crippen LogP contribution in [0.3, 0.4) is 0 Å². The van der Waals surface area contributed by atoms with Gasteiger partial charge in [-0.25, -0.2) is 0 Å². The molecule has 0 heterocycles. The zero-order chi connectivity index (χ0) is 29.0. The van der Waals surface area contributed by atoms with Crippen LogP contribution in [0.2, 0.25) is 0 Å². The van der Waals surface area contributed by atoms with Gasteiger partial charge in [0.2, 0.25) is 5.91 Å². The lowest BCUT2D eigenvalue weighted by Gasteiger charge is -2.21. The Kier molecular flexibility index (Phi) is 25.0.